The number of aromatic nitrogens is 3. The molecule has 0 unspecified atom stereocenters. The smallest absolute Gasteiger partial charge is 0.157 e. The zero-order valence-electron chi connectivity index (χ0n) is 10.5. The van der Waals surface area contributed by atoms with Gasteiger partial charge in [-0.2, -0.15) is 5.10 Å². The van der Waals surface area contributed by atoms with Crippen LogP contribution in [-0.2, 0) is 12.0 Å². The minimum atomic E-state index is 0.0932. The topological polar surface area (TPSA) is 56.7 Å². The Morgan fingerprint density at radius 2 is 2.12 bits per heavy atom. The molecule has 90 valence electrons. The quantitative estimate of drug-likeness (QED) is 0.858. The van der Waals surface area contributed by atoms with E-state index in [-0.39, 0.29) is 5.41 Å². The first-order valence-corrected chi connectivity index (χ1v) is 5.72. The van der Waals surface area contributed by atoms with E-state index in [1.54, 1.807) is 10.9 Å². The predicted molar refractivity (Wildman–Crippen MR) is 68.0 cm³/mol. The molecule has 2 aromatic heterocycles. The number of nitrogens with two attached hydrogens (primary N) is 1. The highest BCUT2D eigenvalue weighted by Crippen LogP contribution is 2.22. The summed E-state index contributed by atoms with van der Waals surface area (Å²) >= 11 is 0. The molecule has 0 saturated carbocycles. The van der Waals surface area contributed by atoms with Crippen molar-refractivity contribution in [2.24, 2.45) is 5.73 Å². The van der Waals surface area contributed by atoms with Crippen LogP contribution in [0.15, 0.2) is 30.7 Å². The second-order valence-corrected chi connectivity index (χ2v) is 5.11. The van der Waals surface area contributed by atoms with Crippen molar-refractivity contribution < 1.29 is 0 Å². The van der Waals surface area contributed by atoms with Gasteiger partial charge in [0.1, 0.15) is 0 Å². The number of hydrogen-bond donors (Lipinski definition) is 1. The van der Waals surface area contributed by atoms with Gasteiger partial charge in [0.15, 0.2) is 5.82 Å². The van der Waals surface area contributed by atoms with E-state index in [1.807, 2.05) is 24.5 Å². The maximum absolute atomic E-state index is 5.70. The summed E-state index contributed by atoms with van der Waals surface area (Å²) in [6, 6.07) is 3.86. The number of hydrogen-bond acceptors (Lipinski definition) is 3. The molecule has 0 radical (unpaired) electrons. The van der Waals surface area contributed by atoms with Gasteiger partial charge in [-0.25, -0.2) is 9.67 Å². The minimum absolute atomic E-state index is 0.0932. The lowest BCUT2D eigenvalue weighted by Gasteiger charge is -2.15. The van der Waals surface area contributed by atoms with Crippen LogP contribution in [0, 0.1) is 0 Å². The molecule has 0 spiro atoms. The molecule has 2 aromatic rings. The standard InChI is InChI=1S/C13H18N4/c1-13(2,3)11-8-16-17(9-11)12-10(7-14)5-4-6-15-12/h4-6,8-9H,7,14H2,1-3H3. The van der Waals surface area contributed by atoms with Crippen LogP contribution < -0.4 is 5.73 Å². The lowest BCUT2D eigenvalue weighted by molar-refractivity contribution is 0.590. The van der Waals surface area contributed by atoms with E-state index < -0.39 is 0 Å². The molecule has 0 fully saturated rings. The van der Waals surface area contributed by atoms with E-state index in [0.29, 0.717) is 6.54 Å². The highest BCUT2D eigenvalue weighted by atomic mass is 15.3. The van der Waals surface area contributed by atoms with Gasteiger partial charge in [0.05, 0.1) is 6.20 Å². The highest BCUT2D eigenvalue weighted by Gasteiger charge is 2.16. The number of rotatable bonds is 2. The number of nitrogens with zero attached hydrogens (tertiary/aromatic N) is 3. The summed E-state index contributed by atoms with van der Waals surface area (Å²) < 4.78 is 1.79. The van der Waals surface area contributed by atoms with E-state index in [4.69, 9.17) is 5.73 Å². The molecular weight excluding hydrogens is 212 g/mol. The van der Waals surface area contributed by atoms with Gasteiger partial charge in [0.25, 0.3) is 0 Å². The van der Waals surface area contributed by atoms with E-state index in [2.05, 4.69) is 30.9 Å². The molecule has 4 heteroatoms. The first kappa shape index (κ1) is 11.8. The van der Waals surface area contributed by atoms with Gasteiger partial charge in [-0.1, -0.05) is 26.8 Å². The molecule has 0 aliphatic heterocycles. The van der Waals surface area contributed by atoms with Crippen molar-refractivity contribution in [2.45, 2.75) is 32.7 Å². The Labute approximate surface area is 101 Å². The molecule has 0 aliphatic rings. The molecule has 0 bridgehead atoms. The third-order valence-electron chi connectivity index (χ3n) is 2.75. The molecule has 0 amide bonds. The second kappa shape index (κ2) is 4.30. The van der Waals surface area contributed by atoms with Gasteiger partial charge in [-0.3, -0.25) is 0 Å². The molecule has 0 atom stereocenters. The van der Waals surface area contributed by atoms with Gasteiger partial charge in [-0.05, 0) is 17.0 Å². The molecule has 4 nitrogen and oxygen atoms in total. The molecule has 2 rings (SSSR count). The van der Waals surface area contributed by atoms with Crippen molar-refractivity contribution in [3.8, 4) is 5.82 Å². The van der Waals surface area contributed by atoms with Gasteiger partial charge >= 0.3 is 0 Å². The lowest BCUT2D eigenvalue weighted by Crippen LogP contribution is -2.10. The minimum Gasteiger partial charge on any atom is -0.326 e. The molecule has 2 N–H and O–H groups in total. The van der Waals surface area contributed by atoms with Crippen LogP contribution in [0.5, 0.6) is 0 Å². The van der Waals surface area contributed by atoms with Crippen molar-refractivity contribution in [3.63, 3.8) is 0 Å². The first-order valence-electron chi connectivity index (χ1n) is 5.72. The zero-order valence-corrected chi connectivity index (χ0v) is 10.5. The molecule has 0 aliphatic carbocycles. The summed E-state index contributed by atoms with van der Waals surface area (Å²) in [6.45, 7) is 6.96. The second-order valence-electron chi connectivity index (χ2n) is 5.11. The number of pyridine rings is 1. The maximum atomic E-state index is 5.70. The van der Waals surface area contributed by atoms with Crippen LogP contribution in [0.2, 0.25) is 0 Å². The van der Waals surface area contributed by atoms with Gasteiger partial charge in [0, 0.05) is 24.5 Å². The van der Waals surface area contributed by atoms with Gasteiger partial charge in [0.2, 0.25) is 0 Å². The summed E-state index contributed by atoms with van der Waals surface area (Å²) in [6.07, 6.45) is 5.66. The Bertz CT molecular complexity index is 508. The Morgan fingerprint density at radius 3 is 2.71 bits per heavy atom. The van der Waals surface area contributed by atoms with Crippen LogP contribution in [0.25, 0.3) is 5.82 Å². The molecule has 0 saturated heterocycles. The largest absolute Gasteiger partial charge is 0.326 e. The fourth-order valence-electron chi connectivity index (χ4n) is 1.62. The highest BCUT2D eigenvalue weighted by molar-refractivity contribution is 5.33. The molecule has 2 heterocycles. The monoisotopic (exact) mass is 230 g/mol. The predicted octanol–water partition coefficient (Wildman–Crippen LogP) is 2.02. The van der Waals surface area contributed by atoms with Crippen molar-refractivity contribution >= 4 is 0 Å². The van der Waals surface area contributed by atoms with Gasteiger partial charge in [-0.15, -0.1) is 0 Å². The van der Waals surface area contributed by atoms with Crippen LogP contribution >= 0.6 is 0 Å². The normalized spacial score (nSPS) is 11.8. The van der Waals surface area contributed by atoms with Crippen molar-refractivity contribution in [3.05, 3.63) is 41.9 Å². The Hall–Kier alpha value is -1.68. The Balaban J connectivity index is 2.44. The summed E-state index contributed by atoms with van der Waals surface area (Å²) in [4.78, 5) is 4.34. The first-order chi connectivity index (χ1) is 8.02. The average Bonchev–Trinajstić information content (AvgIpc) is 2.77. The SMILES string of the molecule is CC(C)(C)c1cnn(-c2ncccc2CN)c1. The third-order valence-corrected chi connectivity index (χ3v) is 2.75. The van der Waals surface area contributed by atoms with Crippen molar-refractivity contribution in [1.82, 2.24) is 14.8 Å². The lowest BCUT2D eigenvalue weighted by atomic mass is 9.90. The average molecular weight is 230 g/mol. The Kier molecular flexibility index (Phi) is 2.98. The maximum Gasteiger partial charge on any atom is 0.157 e. The summed E-state index contributed by atoms with van der Waals surface area (Å²) in [7, 11) is 0. The fraction of sp³-hybridized carbons (Fsp3) is 0.385. The Morgan fingerprint density at radius 1 is 1.35 bits per heavy atom. The molecule has 17 heavy (non-hydrogen) atoms. The van der Waals surface area contributed by atoms with Crippen molar-refractivity contribution in [2.75, 3.05) is 0 Å². The fourth-order valence-corrected chi connectivity index (χ4v) is 1.62. The van der Waals surface area contributed by atoms with Crippen molar-refractivity contribution in [1.29, 1.82) is 0 Å². The van der Waals surface area contributed by atoms with Crippen LogP contribution in [0.4, 0.5) is 0 Å². The van der Waals surface area contributed by atoms with Crippen LogP contribution in [-0.4, -0.2) is 14.8 Å². The van der Waals surface area contributed by atoms with E-state index in [0.717, 1.165) is 11.4 Å². The zero-order chi connectivity index (χ0) is 12.5. The third kappa shape index (κ3) is 2.36. The molecule has 0 aromatic carbocycles. The van der Waals surface area contributed by atoms with E-state index in [1.165, 1.54) is 5.56 Å². The van der Waals surface area contributed by atoms with E-state index >= 15 is 0 Å². The van der Waals surface area contributed by atoms with Gasteiger partial charge < -0.3 is 5.73 Å². The summed E-state index contributed by atoms with van der Waals surface area (Å²) in [5, 5.41) is 4.36. The van der Waals surface area contributed by atoms with Crippen LogP contribution in [0.3, 0.4) is 0 Å². The summed E-state index contributed by atoms with van der Waals surface area (Å²) in [5.41, 5.74) is 7.98. The summed E-state index contributed by atoms with van der Waals surface area (Å²) in [5.74, 6) is 0.811. The van der Waals surface area contributed by atoms with E-state index in [9.17, 15) is 0 Å². The molecular formula is C13H18N4. The van der Waals surface area contributed by atoms with Crippen LogP contribution in [0.1, 0.15) is 31.9 Å².